The normalized spacial score (nSPS) is 18.9. The molecule has 1 N–H and O–H groups in total. The number of carbonyl (C=O) groups excluding carboxylic acids is 1. The Balaban J connectivity index is 1.86. The van der Waals surface area contributed by atoms with E-state index in [4.69, 9.17) is 0 Å². The Morgan fingerprint density at radius 1 is 1.20 bits per heavy atom. The van der Waals surface area contributed by atoms with Crippen LogP contribution in [0.3, 0.4) is 0 Å². The maximum atomic E-state index is 12.9. The highest BCUT2D eigenvalue weighted by Gasteiger charge is 2.38. The van der Waals surface area contributed by atoms with Crippen molar-refractivity contribution >= 4 is 33.0 Å². The standard InChI is InChI=1S/C18H22N2O3S2/c1-13-7-5-8-15(14(13)2)19-18(21)16-9-3-4-11-20(16)25(22,23)17-10-6-12-24-17/h5-8,10,12,16H,3-4,9,11H2,1-2H3,(H,19,21). The van der Waals surface area contributed by atoms with Crippen molar-refractivity contribution in [2.24, 2.45) is 0 Å². The lowest BCUT2D eigenvalue weighted by molar-refractivity contribution is -0.120. The van der Waals surface area contributed by atoms with Crippen molar-refractivity contribution in [3.8, 4) is 0 Å². The Morgan fingerprint density at radius 3 is 2.72 bits per heavy atom. The Labute approximate surface area is 152 Å². The topological polar surface area (TPSA) is 66.5 Å². The van der Waals surface area contributed by atoms with Crippen LogP contribution in [0, 0.1) is 13.8 Å². The van der Waals surface area contributed by atoms with Crippen LogP contribution in [0.1, 0.15) is 30.4 Å². The molecule has 25 heavy (non-hydrogen) atoms. The second-order valence-electron chi connectivity index (χ2n) is 6.30. The number of benzene rings is 1. The summed E-state index contributed by atoms with van der Waals surface area (Å²) in [5, 5.41) is 4.66. The van der Waals surface area contributed by atoms with Crippen molar-refractivity contribution in [1.82, 2.24) is 4.31 Å². The summed E-state index contributed by atoms with van der Waals surface area (Å²) >= 11 is 1.18. The molecule has 134 valence electrons. The lowest BCUT2D eigenvalue weighted by Gasteiger charge is -2.33. The minimum absolute atomic E-state index is 0.256. The molecule has 3 rings (SSSR count). The number of thiophene rings is 1. The van der Waals surface area contributed by atoms with Gasteiger partial charge in [-0.2, -0.15) is 4.31 Å². The Morgan fingerprint density at radius 2 is 2.00 bits per heavy atom. The number of hydrogen-bond acceptors (Lipinski definition) is 4. The van der Waals surface area contributed by atoms with Gasteiger partial charge in [-0.05, 0) is 55.3 Å². The largest absolute Gasteiger partial charge is 0.324 e. The molecule has 1 saturated heterocycles. The van der Waals surface area contributed by atoms with Crippen LogP contribution in [0.4, 0.5) is 5.69 Å². The molecule has 0 spiro atoms. The van der Waals surface area contributed by atoms with Gasteiger partial charge in [0, 0.05) is 12.2 Å². The molecule has 0 bridgehead atoms. The first-order valence-electron chi connectivity index (χ1n) is 8.33. The minimum atomic E-state index is -3.63. The van der Waals surface area contributed by atoms with Gasteiger partial charge in [-0.3, -0.25) is 4.79 Å². The van der Waals surface area contributed by atoms with E-state index in [0.717, 1.165) is 29.7 Å². The molecular formula is C18H22N2O3S2. The molecule has 2 heterocycles. The third kappa shape index (κ3) is 3.63. The summed E-state index contributed by atoms with van der Waals surface area (Å²) in [7, 11) is -3.63. The van der Waals surface area contributed by atoms with E-state index in [-0.39, 0.29) is 5.91 Å². The lowest BCUT2D eigenvalue weighted by Crippen LogP contribution is -2.49. The van der Waals surface area contributed by atoms with Crippen molar-refractivity contribution in [2.75, 3.05) is 11.9 Å². The van der Waals surface area contributed by atoms with Crippen LogP contribution in [-0.4, -0.2) is 31.2 Å². The molecule has 1 fully saturated rings. The summed E-state index contributed by atoms with van der Waals surface area (Å²) in [5.41, 5.74) is 2.83. The highest BCUT2D eigenvalue weighted by Crippen LogP contribution is 2.29. The van der Waals surface area contributed by atoms with Crippen LogP contribution in [0.2, 0.25) is 0 Å². The Kier molecular flexibility index (Phi) is 5.27. The third-order valence-electron chi connectivity index (χ3n) is 4.68. The van der Waals surface area contributed by atoms with Crippen molar-refractivity contribution < 1.29 is 13.2 Å². The number of amides is 1. The summed E-state index contributed by atoms with van der Waals surface area (Å²) < 4.78 is 27.4. The van der Waals surface area contributed by atoms with Crippen LogP contribution < -0.4 is 5.32 Å². The molecule has 1 atom stereocenters. The number of carbonyl (C=O) groups is 1. The number of piperidine rings is 1. The number of sulfonamides is 1. The van der Waals surface area contributed by atoms with E-state index in [1.54, 1.807) is 17.5 Å². The van der Waals surface area contributed by atoms with E-state index < -0.39 is 16.1 Å². The molecule has 1 unspecified atom stereocenters. The first-order valence-corrected chi connectivity index (χ1v) is 10.7. The van der Waals surface area contributed by atoms with Crippen LogP contribution in [0.5, 0.6) is 0 Å². The number of hydrogen-bond donors (Lipinski definition) is 1. The van der Waals surface area contributed by atoms with E-state index in [1.807, 2.05) is 32.0 Å². The van der Waals surface area contributed by atoms with E-state index in [0.29, 0.717) is 17.2 Å². The van der Waals surface area contributed by atoms with Crippen molar-refractivity contribution in [3.05, 3.63) is 46.8 Å². The van der Waals surface area contributed by atoms with Gasteiger partial charge >= 0.3 is 0 Å². The highest BCUT2D eigenvalue weighted by molar-refractivity contribution is 7.91. The van der Waals surface area contributed by atoms with Gasteiger partial charge in [0.1, 0.15) is 10.3 Å². The number of aryl methyl sites for hydroxylation is 1. The molecule has 2 aromatic rings. The van der Waals surface area contributed by atoms with Crippen LogP contribution in [-0.2, 0) is 14.8 Å². The lowest BCUT2D eigenvalue weighted by atomic mass is 10.0. The smallest absolute Gasteiger partial charge is 0.253 e. The highest BCUT2D eigenvalue weighted by atomic mass is 32.2. The second-order valence-corrected chi connectivity index (χ2v) is 9.36. The zero-order valence-corrected chi connectivity index (χ0v) is 16.0. The Bertz CT molecular complexity index is 860. The summed E-state index contributed by atoms with van der Waals surface area (Å²) in [4.78, 5) is 12.8. The van der Waals surface area contributed by atoms with Gasteiger partial charge < -0.3 is 5.32 Å². The fourth-order valence-corrected chi connectivity index (χ4v) is 5.86. The van der Waals surface area contributed by atoms with Gasteiger partial charge in [-0.25, -0.2) is 8.42 Å². The molecule has 7 heteroatoms. The summed E-state index contributed by atoms with van der Waals surface area (Å²) in [6.07, 6.45) is 2.17. The minimum Gasteiger partial charge on any atom is -0.324 e. The predicted octanol–water partition coefficient (Wildman–Crippen LogP) is 3.55. The van der Waals surface area contributed by atoms with Gasteiger partial charge in [-0.15, -0.1) is 11.3 Å². The zero-order valence-electron chi connectivity index (χ0n) is 14.4. The monoisotopic (exact) mass is 378 g/mol. The fourth-order valence-electron chi connectivity index (χ4n) is 3.08. The molecule has 0 aliphatic carbocycles. The molecule has 0 saturated carbocycles. The second kappa shape index (κ2) is 7.27. The fraction of sp³-hybridized carbons (Fsp3) is 0.389. The van der Waals surface area contributed by atoms with E-state index in [2.05, 4.69) is 5.32 Å². The average molecular weight is 379 g/mol. The van der Waals surface area contributed by atoms with Gasteiger partial charge in [0.2, 0.25) is 5.91 Å². The molecule has 0 radical (unpaired) electrons. The molecule has 1 aliphatic rings. The van der Waals surface area contributed by atoms with Gasteiger partial charge in [-0.1, -0.05) is 24.6 Å². The maximum absolute atomic E-state index is 12.9. The quantitative estimate of drug-likeness (QED) is 0.885. The summed E-state index contributed by atoms with van der Waals surface area (Å²) in [5.74, 6) is -0.256. The van der Waals surface area contributed by atoms with Gasteiger partial charge in [0.15, 0.2) is 0 Å². The zero-order chi connectivity index (χ0) is 18.0. The molecule has 1 aliphatic heterocycles. The van der Waals surface area contributed by atoms with Crippen LogP contribution in [0.25, 0.3) is 0 Å². The van der Waals surface area contributed by atoms with E-state index in [9.17, 15) is 13.2 Å². The SMILES string of the molecule is Cc1cccc(NC(=O)C2CCCCN2S(=O)(=O)c2cccs2)c1C. The maximum Gasteiger partial charge on any atom is 0.253 e. The number of nitrogens with zero attached hydrogens (tertiary/aromatic N) is 1. The third-order valence-corrected chi connectivity index (χ3v) is 7.96. The van der Waals surface area contributed by atoms with Crippen molar-refractivity contribution in [2.45, 2.75) is 43.4 Å². The van der Waals surface area contributed by atoms with E-state index in [1.165, 1.54) is 15.6 Å². The van der Waals surface area contributed by atoms with Gasteiger partial charge in [0.05, 0.1) is 0 Å². The van der Waals surface area contributed by atoms with Gasteiger partial charge in [0.25, 0.3) is 10.0 Å². The number of rotatable bonds is 4. The summed E-state index contributed by atoms with van der Waals surface area (Å²) in [6.45, 7) is 4.32. The summed E-state index contributed by atoms with van der Waals surface area (Å²) in [6, 6.07) is 8.36. The Hall–Kier alpha value is -1.70. The molecular weight excluding hydrogens is 356 g/mol. The predicted molar refractivity (Wildman–Crippen MR) is 100 cm³/mol. The van der Waals surface area contributed by atoms with Crippen molar-refractivity contribution in [3.63, 3.8) is 0 Å². The molecule has 5 nitrogen and oxygen atoms in total. The number of nitrogens with one attached hydrogen (secondary N) is 1. The number of anilines is 1. The van der Waals surface area contributed by atoms with E-state index >= 15 is 0 Å². The van der Waals surface area contributed by atoms with Crippen LogP contribution >= 0.6 is 11.3 Å². The van der Waals surface area contributed by atoms with Crippen molar-refractivity contribution in [1.29, 1.82) is 0 Å². The molecule has 1 aromatic carbocycles. The average Bonchev–Trinajstić information content (AvgIpc) is 3.14. The molecule has 1 amide bonds. The van der Waals surface area contributed by atoms with Crippen LogP contribution in [0.15, 0.2) is 39.9 Å². The first kappa shape index (κ1) is 18.1. The molecule has 1 aromatic heterocycles. The first-order chi connectivity index (χ1) is 11.9.